The number of rotatable bonds is 0. The van der Waals surface area contributed by atoms with Crippen molar-refractivity contribution >= 4 is 5.71 Å². The zero-order chi connectivity index (χ0) is 77.1. The maximum atomic E-state index is 5.30. The van der Waals surface area contributed by atoms with Gasteiger partial charge < -0.3 is 90.4 Å². The molecule has 56 unspecified atom stereocenters. The van der Waals surface area contributed by atoms with E-state index in [1.807, 2.05) is 0 Å². The highest BCUT2D eigenvalue weighted by atomic mass is 15.2. The molecule has 22 aliphatic heterocycles. The Morgan fingerprint density at radius 3 is 0.992 bits per heavy atom. The van der Waals surface area contributed by atoms with Crippen molar-refractivity contribution in [1.29, 1.82) is 0 Å². The number of aliphatic imine (C=N–C) groups is 1. The first-order valence-electron chi connectivity index (χ1n) is 53.5. The van der Waals surface area contributed by atoms with Crippen LogP contribution in [0.2, 0.25) is 0 Å². The molecule has 0 aromatic heterocycles. The van der Waals surface area contributed by atoms with Gasteiger partial charge in [-0.15, -0.1) is 0 Å². The fraction of sp³-hybridized carbons (Fsp3) is 0.912. The Hall–Kier alpha value is -2.53. The molecule has 120 heavy (non-hydrogen) atoms. The molecule has 0 spiro atoms. The number of nitrogens with zero attached hydrogens (tertiary/aromatic N) is 1. The van der Waals surface area contributed by atoms with Gasteiger partial charge in [0.05, 0.1) is 6.54 Å². The minimum absolute atomic E-state index is 0.467. The van der Waals surface area contributed by atoms with E-state index in [0.29, 0.717) is 282 Å². The SMILES string of the molecule is C1=CC2C(CC3CC4CC5CC6C(N5)C(C5CCC7CCC8CCC(NC8C7N5)C2C3N4)C2CC3CC4CC5C(N4)C(C4CCC7CCC8CCC(NC8C7N4)C6C2N3)C2C=C3CC4=CC6C(N4)C(C4CCC7CCC8CCC(NC8C7N4)C5C2N3)C2CC3CC4CC5CC7=NCC=C7C(C7CCC8CCC9CCC(NC9C8N7)C6C2N3)C5N4)N1. The van der Waals surface area contributed by atoms with Crippen molar-refractivity contribution in [2.45, 2.75) is 418 Å². The molecule has 18 saturated heterocycles. The lowest BCUT2D eigenvalue weighted by molar-refractivity contribution is -0.0316. The van der Waals surface area contributed by atoms with Crippen LogP contribution in [-0.2, 0) is 0 Å². The van der Waals surface area contributed by atoms with Gasteiger partial charge in [-0.05, 0) is 361 Å². The van der Waals surface area contributed by atoms with E-state index in [1.165, 1.54) is 230 Å². The zero-order valence-corrected chi connectivity index (χ0v) is 72.3. The van der Waals surface area contributed by atoms with Crippen LogP contribution in [0.3, 0.4) is 0 Å². The van der Waals surface area contributed by atoms with Crippen LogP contribution in [0.4, 0.5) is 0 Å². The molecule has 9 saturated carbocycles. The first kappa shape index (κ1) is 73.3. The van der Waals surface area contributed by atoms with E-state index in [2.05, 4.69) is 46.5 Å². The van der Waals surface area contributed by atoms with Crippen molar-refractivity contribution in [3.8, 4) is 0 Å². The first-order valence-corrected chi connectivity index (χ1v) is 53.5. The third-order valence-electron chi connectivity index (χ3n) is 46.2. The summed E-state index contributed by atoms with van der Waals surface area (Å²) in [5, 5.41) is 81.8. The fourth-order valence-corrected chi connectivity index (χ4v) is 42.5. The third kappa shape index (κ3) is 10.8. The second-order valence-corrected chi connectivity index (χ2v) is 50.3. The molecule has 31 aliphatic rings. The van der Waals surface area contributed by atoms with Crippen molar-refractivity contribution < 1.29 is 0 Å². The molecule has 18 nitrogen and oxygen atoms in total. The van der Waals surface area contributed by atoms with Gasteiger partial charge in [0.15, 0.2) is 0 Å². The molecule has 650 valence electrons. The molecule has 0 aromatic rings. The molecular weight excluding hydrogens is 1480 g/mol. The monoisotopic (exact) mass is 1630 g/mol. The van der Waals surface area contributed by atoms with Gasteiger partial charge in [-0.1, -0.05) is 24.3 Å². The molecule has 32 bridgehead atoms. The summed E-state index contributed by atoms with van der Waals surface area (Å²) < 4.78 is 0. The Balaban J connectivity index is 0.497. The summed E-state index contributed by atoms with van der Waals surface area (Å²) in [5.41, 5.74) is 6.34. The normalized spacial score (nSPS) is 63.0. The smallest absolute Gasteiger partial charge is 0.0580 e. The summed E-state index contributed by atoms with van der Waals surface area (Å²) in [6.07, 6.45) is 63.2. The summed E-state index contributed by atoms with van der Waals surface area (Å²) >= 11 is 0. The van der Waals surface area contributed by atoms with Crippen LogP contribution in [0.5, 0.6) is 0 Å². The molecule has 31 rings (SSSR count). The van der Waals surface area contributed by atoms with Crippen molar-refractivity contribution in [3.05, 3.63) is 47.5 Å². The van der Waals surface area contributed by atoms with E-state index >= 15 is 0 Å². The first-order chi connectivity index (χ1) is 59.3. The number of nitrogens with one attached hydrogen (secondary N) is 17. The minimum Gasteiger partial charge on any atom is -0.388 e. The predicted molar refractivity (Wildman–Crippen MR) is 470 cm³/mol. The minimum atomic E-state index is 0.467. The van der Waals surface area contributed by atoms with Gasteiger partial charge in [0.2, 0.25) is 0 Å². The number of piperidine rings is 8. The van der Waals surface area contributed by atoms with E-state index in [1.54, 1.807) is 17.0 Å². The Labute approximate surface area is 717 Å². The Bertz CT molecular complexity index is 4200. The van der Waals surface area contributed by atoms with Crippen LogP contribution < -0.4 is 90.4 Å². The molecule has 0 radical (unpaired) electrons. The maximum absolute atomic E-state index is 5.30. The highest BCUT2D eigenvalue weighted by molar-refractivity contribution is 6.03. The number of hydrogen-bond donors (Lipinski definition) is 17. The van der Waals surface area contributed by atoms with Crippen LogP contribution in [0.1, 0.15) is 231 Å². The molecule has 27 fully saturated rings. The van der Waals surface area contributed by atoms with Crippen molar-refractivity contribution in [1.82, 2.24) is 90.4 Å². The molecule has 9 aliphatic carbocycles. The van der Waals surface area contributed by atoms with E-state index in [0.717, 1.165) is 66.2 Å². The fourth-order valence-electron chi connectivity index (χ4n) is 42.5. The second kappa shape index (κ2) is 27.5. The molecule has 56 atom stereocenters. The van der Waals surface area contributed by atoms with Crippen LogP contribution in [0.25, 0.3) is 0 Å². The van der Waals surface area contributed by atoms with Crippen LogP contribution in [0.15, 0.2) is 52.5 Å². The summed E-state index contributed by atoms with van der Waals surface area (Å²) in [7, 11) is 0. The number of fused-ring (bicyclic) bond motifs is 34. The van der Waals surface area contributed by atoms with E-state index in [9.17, 15) is 0 Å². The largest absolute Gasteiger partial charge is 0.388 e. The van der Waals surface area contributed by atoms with E-state index < -0.39 is 0 Å². The summed E-state index contributed by atoms with van der Waals surface area (Å²) in [6, 6.07) is 17.6. The second-order valence-electron chi connectivity index (χ2n) is 50.3. The third-order valence-corrected chi connectivity index (χ3v) is 46.2. The van der Waals surface area contributed by atoms with Crippen molar-refractivity contribution in [3.63, 3.8) is 0 Å². The van der Waals surface area contributed by atoms with Gasteiger partial charge in [0.1, 0.15) is 0 Å². The Morgan fingerprint density at radius 2 is 0.575 bits per heavy atom. The van der Waals surface area contributed by atoms with E-state index in [4.69, 9.17) is 79.4 Å². The molecule has 17 N–H and O–H groups in total. The van der Waals surface area contributed by atoms with Crippen molar-refractivity contribution in [2.24, 2.45) is 153 Å². The van der Waals surface area contributed by atoms with Gasteiger partial charge >= 0.3 is 0 Å². The summed E-state index contributed by atoms with van der Waals surface area (Å²) in [4.78, 5) is 5.30. The Morgan fingerprint density at radius 1 is 0.250 bits per heavy atom. The van der Waals surface area contributed by atoms with Crippen molar-refractivity contribution in [2.75, 3.05) is 6.54 Å². The number of hydrogen-bond acceptors (Lipinski definition) is 18. The van der Waals surface area contributed by atoms with Crippen LogP contribution in [-0.4, -0.2) is 200 Å². The average Bonchev–Trinajstić information content (AvgIpc) is 1.52. The maximum Gasteiger partial charge on any atom is 0.0580 e. The van der Waals surface area contributed by atoms with Gasteiger partial charge in [-0.25, -0.2) is 0 Å². The Kier molecular flexibility index (Phi) is 16.8. The lowest BCUT2D eigenvalue weighted by Crippen LogP contribution is -2.73. The molecule has 0 amide bonds. The quantitative estimate of drug-likeness (QED) is 0.111. The molecular formula is C102H152N18. The zero-order valence-electron chi connectivity index (χ0n) is 72.3. The molecule has 18 heteroatoms. The predicted octanol–water partition coefficient (Wildman–Crippen LogP) is 7.96. The van der Waals surface area contributed by atoms with Crippen LogP contribution >= 0.6 is 0 Å². The van der Waals surface area contributed by atoms with E-state index in [-0.39, 0.29) is 0 Å². The van der Waals surface area contributed by atoms with Gasteiger partial charge in [-0.3, -0.25) is 4.99 Å². The van der Waals surface area contributed by atoms with Gasteiger partial charge in [-0.2, -0.15) is 0 Å². The highest BCUT2D eigenvalue weighted by Gasteiger charge is 2.69. The average molecular weight is 1630 g/mol. The lowest BCUT2D eigenvalue weighted by atomic mass is 9.55. The van der Waals surface area contributed by atoms with Gasteiger partial charge in [0, 0.05) is 234 Å². The standard InChI is InChI=1S/C102H152N18/c1-3-45-11-19-73-83-65-39-57-35-59-41-67-85-75-24-16-50-8-6-48-14-22-72(118-94(48)96(50)120-75)82-64-38-56-34-54-30-52-32-78-62(26-28-104-78)80(88(52)106-54)70-18-10-44-2-4-46-12-20-74(116-92(46)90(44)114-70)84(98(64)108-56)66-40-58(110-100(66)82)36-60-42-68(102(85)112-60)86(101(67)111-59)76-23-15-49-7-5-47-13-21-71(117-93(47)95(49)119-76)81(99(65)109-57)63-37-55(107-97(63)83)33-53-29-51-31-77-61(25-27-103-77)79(87(51)105-53)69-17-9-43(1)89(113-69)91(45)115-73/h25-27,40,42-57,59,61,63-77,79-103,105-120H,1-24,28-39,41H2. The molecule has 0 aromatic carbocycles. The summed E-state index contributed by atoms with van der Waals surface area (Å²) in [5.74, 6) is 17.2. The van der Waals surface area contributed by atoms with Crippen LogP contribution in [0, 0.1) is 148 Å². The topological polar surface area (TPSA) is 217 Å². The molecule has 22 heterocycles. The summed E-state index contributed by atoms with van der Waals surface area (Å²) in [6.45, 7) is 0.917. The lowest BCUT2D eigenvalue weighted by Gasteiger charge is -2.60. The van der Waals surface area contributed by atoms with Gasteiger partial charge in [0.25, 0.3) is 0 Å². The highest BCUT2D eigenvalue weighted by Crippen LogP contribution is 2.62.